The lowest BCUT2D eigenvalue weighted by Gasteiger charge is -2.08. The minimum Gasteiger partial charge on any atom is -0.497 e. The van der Waals surface area contributed by atoms with Crippen LogP contribution in [0, 0.1) is 0 Å². The lowest BCUT2D eigenvalue weighted by Crippen LogP contribution is -2.17. The summed E-state index contributed by atoms with van der Waals surface area (Å²) in [5.74, 6) is 1.77. The Labute approximate surface area is 147 Å². The standard InChI is InChI=1S/C19H22N2O4/c1-4-24-16-8-6-14(7-9-16)19(22)21-20-13-15-12-17(23-3)10-11-18(15)25-5-2/h6-13H,4-5H2,1-3H3,(H,21,22)/b20-13-. The Kier molecular flexibility index (Phi) is 6.83. The van der Waals surface area contributed by atoms with E-state index in [1.165, 1.54) is 6.21 Å². The van der Waals surface area contributed by atoms with E-state index in [1.807, 2.05) is 13.8 Å². The summed E-state index contributed by atoms with van der Waals surface area (Å²) in [6.45, 7) is 4.92. The van der Waals surface area contributed by atoms with Crippen LogP contribution in [0.2, 0.25) is 0 Å². The SMILES string of the molecule is CCOc1ccc(C(=O)N/N=C\c2cc(OC)ccc2OCC)cc1. The van der Waals surface area contributed by atoms with Gasteiger partial charge in [-0.3, -0.25) is 4.79 Å². The zero-order valence-corrected chi connectivity index (χ0v) is 14.6. The molecule has 132 valence electrons. The van der Waals surface area contributed by atoms with Crippen LogP contribution in [0.25, 0.3) is 0 Å². The number of hydrogen-bond acceptors (Lipinski definition) is 5. The number of nitrogens with one attached hydrogen (secondary N) is 1. The monoisotopic (exact) mass is 342 g/mol. The molecular weight excluding hydrogens is 320 g/mol. The molecule has 25 heavy (non-hydrogen) atoms. The second kappa shape index (κ2) is 9.32. The maximum absolute atomic E-state index is 12.1. The Morgan fingerprint density at radius 1 is 1.04 bits per heavy atom. The highest BCUT2D eigenvalue weighted by Gasteiger charge is 2.06. The molecule has 1 N–H and O–H groups in total. The Morgan fingerprint density at radius 2 is 1.72 bits per heavy atom. The zero-order chi connectivity index (χ0) is 18.1. The highest BCUT2D eigenvalue weighted by Crippen LogP contribution is 2.22. The molecule has 0 radical (unpaired) electrons. The third-order valence-electron chi connectivity index (χ3n) is 3.31. The third-order valence-corrected chi connectivity index (χ3v) is 3.31. The Hall–Kier alpha value is -3.02. The van der Waals surface area contributed by atoms with E-state index in [9.17, 15) is 4.79 Å². The van der Waals surface area contributed by atoms with Crippen molar-refractivity contribution < 1.29 is 19.0 Å². The summed E-state index contributed by atoms with van der Waals surface area (Å²) < 4.78 is 16.1. The Bertz CT molecular complexity index is 727. The normalized spacial score (nSPS) is 10.5. The van der Waals surface area contributed by atoms with Crippen LogP contribution in [0.15, 0.2) is 47.6 Å². The summed E-state index contributed by atoms with van der Waals surface area (Å²) in [5, 5.41) is 4.00. The fourth-order valence-corrected chi connectivity index (χ4v) is 2.14. The summed E-state index contributed by atoms with van der Waals surface area (Å²) in [7, 11) is 1.59. The van der Waals surface area contributed by atoms with Gasteiger partial charge >= 0.3 is 0 Å². The van der Waals surface area contributed by atoms with Crippen molar-refractivity contribution in [2.75, 3.05) is 20.3 Å². The van der Waals surface area contributed by atoms with Crippen molar-refractivity contribution in [3.63, 3.8) is 0 Å². The van der Waals surface area contributed by atoms with E-state index in [4.69, 9.17) is 14.2 Å². The van der Waals surface area contributed by atoms with Crippen LogP contribution in [0.4, 0.5) is 0 Å². The van der Waals surface area contributed by atoms with Crippen molar-refractivity contribution in [2.45, 2.75) is 13.8 Å². The molecule has 0 spiro atoms. The van der Waals surface area contributed by atoms with E-state index in [0.29, 0.717) is 35.8 Å². The fourth-order valence-electron chi connectivity index (χ4n) is 2.14. The molecule has 0 atom stereocenters. The van der Waals surface area contributed by atoms with Gasteiger partial charge in [0.15, 0.2) is 0 Å². The summed E-state index contributed by atoms with van der Waals surface area (Å²) in [6, 6.07) is 12.3. The summed E-state index contributed by atoms with van der Waals surface area (Å²) >= 11 is 0. The highest BCUT2D eigenvalue weighted by molar-refractivity contribution is 5.95. The molecular formula is C19H22N2O4. The Balaban J connectivity index is 2.05. The first kappa shape index (κ1) is 18.3. The Morgan fingerprint density at radius 3 is 2.36 bits per heavy atom. The first-order chi connectivity index (χ1) is 12.2. The van der Waals surface area contributed by atoms with Crippen molar-refractivity contribution in [3.05, 3.63) is 53.6 Å². The number of nitrogens with zero attached hydrogens (tertiary/aromatic N) is 1. The molecule has 0 fully saturated rings. The van der Waals surface area contributed by atoms with E-state index < -0.39 is 0 Å². The predicted molar refractivity (Wildman–Crippen MR) is 96.8 cm³/mol. The summed E-state index contributed by atoms with van der Waals surface area (Å²) in [5.41, 5.74) is 3.71. The fraction of sp³-hybridized carbons (Fsp3) is 0.263. The minimum absolute atomic E-state index is 0.305. The molecule has 6 heteroatoms. The number of ether oxygens (including phenoxy) is 3. The molecule has 0 aliphatic rings. The number of amides is 1. The number of carbonyl (C=O) groups is 1. The second-order valence-electron chi connectivity index (χ2n) is 4.99. The average Bonchev–Trinajstić information content (AvgIpc) is 2.64. The van der Waals surface area contributed by atoms with Gasteiger partial charge in [-0.05, 0) is 56.3 Å². The quantitative estimate of drug-likeness (QED) is 0.590. The van der Waals surface area contributed by atoms with Crippen LogP contribution >= 0.6 is 0 Å². The van der Waals surface area contributed by atoms with E-state index in [2.05, 4.69) is 10.5 Å². The van der Waals surface area contributed by atoms with Gasteiger partial charge in [0, 0.05) is 11.1 Å². The van der Waals surface area contributed by atoms with Gasteiger partial charge < -0.3 is 14.2 Å². The molecule has 6 nitrogen and oxygen atoms in total. The predicted octanol–water partition coefficient (Wildman–Crippen LogP) is 3.26. The van der Waals surface area contributed by atoms with Gasteiger partial charge in [0.1, 0.15) is 17.2 Å². The smallest absolute Gasteiger partial charge is 0.271 e. The van der Waals surface area contributed by atoms with E-state index in [1.54, 1.807) is 49.6 Å². The maximum Gasteiger partial charge on any atom is 0.271 e. The summed E-state index contributed by atoms with van der Waals surface area (Å²) in [6.07, 6.45) is 1.53. The van der Waals surface area contributed by atoms with E-state index >= 15 is 0 Å². The lowest BCUT2D eigenvalue weighted by molar-refractivity contribution is 0.0955. The van der Waals surface area contributed by atoms with Gasteiger partial charge in [-0.2, -0.15) is 5.10 Å². The van der Waals surface area contributed by atoms with Gasteiger partial charge in [-0.25, -0.2) is 5.43 Å². The van der Waals surface area contributed by atoms with Crippen LogP contribution in [0.1, 0.15) is 29.8 Å². The molecule has 2 rings (SSSR count). The molecule has 0 heterocycles. The number of carbonyl (C=O) groups excluding carboxylic acids is 1. The number of rotatable bonds is 8. The number of methoxy groups -OCH3 is 1. The first-order valence-corrected chi connectivity index (χ1v) is 8.05. The maximum atomic E-state index is 12.1. The molecule has 0 aliphatic carbocycles. The molecule has 0 aromatic heterocycles. The van der Waals surface area contributed by atoms with Crippen LogP contribution in [0.5, 0.6) is 17.2 Å². The van der Waals surface area contributed by atoms with Crippen molar-refractivity contribution in [3.8, 4) is 17.2 Å². The molecule has 0 aliphatic heterocycles. The molecule has 1 amide bonds. The van der Waals surface area contributed by atoms with Crippen molar-refractivity contribution in [2.24, 2.45) is 5.10 Å². The van der Waals surface area contributed by atoms with Crippen LogP contribution in [-0.4, -0.2) is 32.4 Å². The molecule has 0 bridgehead atoms. The molecule has 0 unspecified atom stereocenters. The van der Waals surface area contributed by atoms with Crippen LogP contribution < -0.4 is 19.6 Å². The number of hydrazone groups is 1. The third kappa shape index (κ3) is 5.24. The molecule has 0 saturated heterocycles. The minimum atomic E-state index is -0.305. The van der Waals surface area contributed by atoms with Gasteiger partial charge in [0.05, 0.1) is 26.5 Å². The van der Waals surface area contributed by atoms with Crippen molar-refractivity contribution in [1.82, 2.24) is 5.43 Å². The number of hydrogen-bond donors (Lipinski definition) is 1. The van der Waals surface area contributed by atoms with E-state index in [0.717, 1.165) is 5.75 Å². The van der Waals surface area contributed by atoms with Gasteiger partial charge in [0.2, 0.25) is 0 Å². The first-order valence-electron chi connectivity index (χ1n) is 8.05. The van der Waals surface area contributed by atoms with Gasteiger partial charge in [0.25, 0.3) is 5.91 Å². The topological polar surface area (TPSA) is 69.2 Å². The second-order valence-corrected chi connectivity index (χ2v) is 4.99. The molecule has 2 aromatic rings. The summed E-state index contributed by atoms with van der Waals surface area (Å²) in [4.78, 5) is 12.1. The van der Waals surface area contributed by atoms with Crippen molar-refractivity contribution in [1.29, 1.82) is 0 Å². The molecule has 0 saturated carbocycles. The van der Waals surface area contributed by atoms with Crippen molar-refractivity contribution >= 4 is 12.1 Å². The van der Waals surface area contributed by atoms with Gasteiger partial charge in [-0.1, -0.05) is 0 Å². The number of benzene rings is 2. The van der Waals surface area contributed by atoms with E-state index in [-0.39, 0.29) is 5.91 Å². The molecule has 2 aromatic carbocycles. The lowest BCUT2D eigenvalue weighted by atomic mass is 10.2. The average molecular weight is 342 g/mol. The van der Waals surface area contributed by atoms with Gasteiger partial charge in [-0.15, -0.1) is 0 Å². The highest BCUT2D eigenvalue weighted by atomic mass is 16.5. The van der Waals surface area contributed by atoms with Crippen LogP contribution in [0.3, 0.4) is 0 Å². The van der Waals surface area contributed by atoms with Crippen LogP contribution in [-0.2, 0) is 0 Å². The zero-order valence-electron chi connectivity index (χ0n) is 14.6. The largest absolute Gasteiger partial charge is 0.497 e.